The average molecular weight is 289 g/mol. The van der Waals surface area contributed by atoms with Gasteiger partial charge in [-0.3, -0.25) is 4.90 Å². The summed E-state index contributed by atoms with van der Waals surface area (Å²) in [5.41, 5.74) is 6.07. The minimum Gasteiger partial charge on any atom is -0.329 e. The van der Waals surface area contributed by atoms with Crippen molar-refractivity contribution >= 4 is 22.9 Å². The molecule has 0 amide bonds. The molecule has 0 fully saturated rings. The summed E-state index contributed by atoms with van der Waals surface area (Å²) in [6.07, 6.45) is 4.95. The third-order valence-corrected chi connectivity index (χ3v) is 4.92. The van der Waals surface area contributed by atoms with E-state index in [1.165, 1.54) is 24.1 Å². The SMILES string of the molecule is CCCCCC(C)(CN)N(C)Cc1ccc(Cl)s1. The van der Waals surface area contributed by atoms with E-state index in [-0.39, 0.29) is 5.54 Å². The second-order valence-electron chi connectivity index (χ2n) is 5.22. The first-order chi connectivity index (χ1) is 8.51. The standard InChI is InChI=1S/C14H25ClN2S/c1-4-5-6-9-14(2,11-16)17(3)10-12-7-8-13(15)18-12/h7-8H,4-6,9-11,16H2,1-3H3. The minimum atomic E-state index is 0.0889. The normalized spacial score (nSPS) is 15.0. The van der Waals surface area contributed by atoms with E-state index < -0.39 is 0 Å². The van der Waals surface area contributed by atoms with Crippen LogP contribution in [-0.4, -0.2) is 24.0 Å². The highest BCUT2D eigenvalue weighted by molar-refractivity contribution is 7.16. The molecule has 0 aromatic carbocycles. The van der Waals surface area contributed by atoms with Gasteiger partial charge in [-0.05, 0) is 32.5 Å². The lowest BCUT2D eigenvalue weighted by Gasteiger charge is -2.38. The number of hydrogen-bond donors (Lipinski definition) is 1. The summed E-state index contributed by atoms with van der Waals surface area (Å²) in [7, 11) is 2.16. The van der Waals surface area contributed by atoms with Gasteiger partial charge < -0.3 is 5.73 Å². The van der Waals surface area contributed by atoms with Gasteiger partial charge in [0.25, 0.3) is 0 Å². The van der Waals surface area contributed by atoms with E-state index in [2.05, 4.69) is 31.9 Å². The van der Waals surface area contributed by atoms with Crippen LogP contribution in [0.15, 0.2) is 12.1 Å². The van der Waals surface area contributed by atoms with E-state index in [1.807, 2.05) is 6.07 Å². The summed E-state index contributed by atoms with van der Waals surface area (Å²) in [5.74, 6) is 0. The Morgan fingerprint density at radius 3 is 2.61 bits per heavy atom. The van der Waals surface area contributed by atoms with Crippen molar-refractivity contribution in [1.82, 2.24) is 4.90 Å². The summed E-state index contributed by atoms with van der Waals surface area (Å²) >= 11 is 7.62. The van der Waals surface area contributed by atoms with Crippen molar-refractivity contribution in [3.8, 4) is 0 Å². The van der Waals surface area contributed by atoms with Crippen LogP contribution in [-0.2, 0) is 6.54 Å². The molecule has 0 saturated heterocycles. The lowest BCUT2D eigenvalue weighted by atomic mass is 9.92. The minimum absolute atomic E-state index is 0.0889. The fraction of sp³-hybridized carbons (Fsp3) is 0.714. The molecule has 0 saturated carbocycles. The number of unbranched alkanes of at least 4 members (excludes halogenated alkanes) is 2. The number of halogens is 1. The number of hydrogen-bond acceptors (Lipinski definition) is 3. The molecule has 4 heteroatoms. The van der Waals surface area contributed by atoms with Gasteiger partial charge in [-0.2, -0.15) is 0 Å². The van der Waals surface area contributed by atoms with Gasteiger partial charge in [-0.1, -0.05) is 37.8 Å². The highest BCUT2D eigenvalue weighted by atomic mass is 35.5. The Morgan fingerprint density at radius 1 is 1.39 bits per heavy atom. The van der Waals surface area contributed by atoms with E-state index in [0.29, 0.717) is 6.54 Å². The molecule has 0 aliphatic rings. The van der Waals surface area contributed by atoms with E-state index >= 15 is 0 Å². The second-order valence-corrected chi connectivity index (χ2v) is 7.02. The molecule has 1 unspecified atom stereocenters. The fourth-order valence-corrected chi connectivity index (χ4v) is 3.21. The van der Waals surface area contributed by atoms with Crippen molar-refractivity contribution < 1.29 is 0 Å². The first-order valence-corrected chi connectivity index (χ1v) is 7.87. The van der Waals surface area contributed by atoms with Crippen molar-refractivity contribution in [2.75, 3.05) is 13.6 Å². The molecule has 1 aromatic rings. The van der Waals surface area contributed by atoms with E-state index in [0.717, 1.165) is 17.3 Å². The molecule has 1 atom stereocenters. The van der Waals surface area contributed by atoms with Gasteiger partial charge in [0.15, 0.2) is 0 Å². The number of thiophene rings is 1. The van der Waals surface area contributed by atoms with Crippen LogP contribution in [0.5, 0.6) is 0 Å². The molecule has 0 aliphatic carbocycles. The molecule has 0 radical (unpaired) electrons. The Kier molecular flexibility index (Phi) is 6.64. The monoisotopic (exact) mass is 288 g/mol. The van der Waals surface area contributed by atoms with Crippen LogP contribution >= 0.6 is 22.9 Å². The molecular weight excluding hydrogens is 264 g/mol. The molecular formula is C14H25ClN2S. The van der Waals surface area contributed by atoms with Gasteiger partial charge in [-0.15, -0.1) is 11.3 Å². The van der Waals surface area contributed by atoms with Crippen molar-refractivity contribution in [3.05, 3.63) is 21.3 Å². The Labute approximate surface area is 120 Å². The van der Waals surface area contributed by atoms with Crippen LogP contribution in [0.1, 0.15) is 44.4 Å². The Morgan fingerprint density at radius 2 is 2.11 bits per heavy atom. The molecule has 1 rings (SSSR count). The third-order valence-electron chi connectivity index (χ3n) is 3.70. The first kappa shape index (κ1) is 16.0. The molecule has 18 heavy (non-hydrogen) atoms. The van der Waals surface area contributed by atoms with Gasteiger partial charge in [0.05, 0.1) is 4.34 Å². The maximum absolute atomic E-state index is 5.98. The second kappa shape index (κ2) is 7.49. The summed E-state index contributed by atoms with van der Waals surface area (Å²) in [6, 6.07) is 4.07. The van der Waals surface area contributed by atoms with Gasteiger partial charge in [0.2, 0.25) is 0 Å². The maximum Gasteiger partial charge on any atom is 0.0931 e. The zero-order valence-corrected chi connectivity index (χ0v) is 13.3. The number of nitrogens with zero attached hydrogens (tertiary/aromatic N) is 1. The molecule has 2 nitrogen and oxygen atoms in total. The average Bonchev–Trinajstić information content (AvgIpc) is 2.74. The van der Waals surface area contributed by atoms with Crippen molar-refractivity contribution in [1.29, 1.82) is 0 Å². The largest absolute Gasteiger partial charge is 0.329 e. The van der Waals surface area contributed by atoms with Crippen molar-refractivity contribution in [2.24, 2.45) is 5.73 Å². The van der Waals surface area contributed by atoms with Crippen molar-refractivity contribution in [2.45, 2.75) is 51.6 Å². The van der Waals surface area contributed by atoms with Crippen LogP contribution in [0.25, 0.3) is 0 Å². The molecule has 104 valence electrons. The predicted molar refractivity (Wildman–Crippen MR) is 82.4 cm³/mol. The molecule has 0 bridgehead atoms. The molecule has 0 aliphatic heterocycles. The van der Waals surface area contributed by atoms with Crippen LogP contribution in [0, 0.1) is 0 Å². The summed E-state index contributed by atoms with van der Waals surface area (Å²) in [4.78, 5) is 3.67. The summed E-state index contributed by atoms with van der Waals surface area (Å²) in [6.45, 7) is 6.12. The highest BCUT2D eigenvalue weighted by Gasteiger charge is 2.27. The molecule has 1 aromatic heterocycles. The third kappa shape index (κ3) is 4.54. The van der Waals surface area contributed by atoms with Crippen LogP contribution < -0.4 is 5.73 Å². The number of rotatable bonds is 8. The predicted octanol–water partition coefficient (Wildman–Crippen LogP) is 4.13. The topological polar surface area (TPSA) is 29.3 Å². The van der Waals surface area contributed by atoms with E-state index in [1.54, 1.807) is 11.3 Å². The lowest BCUT2D eigenvalue weighted by Crippen LogP contribution is -2.49. The quantitative estimate of drug-likeness (QED) is 0.729. The van der Waals surface area contributed by atoms with Crippen molar-refractivity contribution in [3.63, 3.8) is 0 Å². The smallest absolute Gasteiger partial charge is 0.0931 e. The summed E-state index contributed by atoms with van der Waals surface area (Å²) < 4.78 is 0.860. The Hall–Kier alpha value is -0.0900. The van der Waals surface area contributed by atoms with Gasteiger partial charge in [0.1, 0.15) is 0 Å². The highest BCUT2D eigenvalue weighted by Crippen LogP contribution is 2.27. The zero-order valence-electron chi connectivity index (χ0n) is 11.7. The molecule has 2 N–H and O–H groups in total. The lowest BCUT2D eigenvalue weighted by molar-refractivity contribution is 0.124. The van der Waals surface area contributed by atoms with E-state index in [9.17, 15) is 0 Å². The van der Waals surface area contributed by atoms with Crippen LogP contribution in [0.2, 0.25) is 4.34 Å². The first-order valence-electron chi connectivity index (χ1n) is 6.67. The van der Waals surface area contributed by atoms with Gasteiger partial charge in [-0.25, -0.2) is 0 Å². The Bertz CT molecular complexity index is 353. The summed E-state index contributed by atoms with van der Waals surface area (Å²) in [5, 5.41) is 0. The van der Waals surface area contributed by atoms with Crippen LogP contribution in [0.4, 0.5) is 0 Å². The maximum atomic E-state index is 5.98. The van der Waals surface area contributed by atoms with Gasteiger partial charge >= 0.3 is 0 Å². The number of nitrogens with two attached hydrogens (primary N) is 1. The molecule has 1 heterocycles. The number of likely N-dealkylation sites (N-methyl/N-ethyl adjacent to an activating group) is 1. The molecule has 0 spiro atoms. The van der Waals surface area contributed by atoms with Crippen LogP contribution in [0.3, 0.4) is 0 Å². The zero-order chi connectivity index (χ0) is 13.6. The Balaban J connectivity index is 2.57. The fourth-order valence-electron chi connectivity index (χ4n) is 2.07. The van der Waals surface area contributed by atoms with Gasteiger partial charge in [0, 0.05) is 23.5 Å². The van der Waals surface area contributed by atoms with E-state index in [4.69, 9.17) is 17.3 Å².